The molecule has 6 nitrogen and oxygen atoms in total. The van der Waals surface area contributed by atoms with Gasteiger partial charge in [0.1, 0.15) is 5.01 Å². The van der Waals surface area contributed by atoms with Gasteiger partial charge in [-0.2, -0.15) is 9.61 Å². The van der Waals surface area contributed by atoms with Crippen LogP contribution in [0.2, 0.25) is 0 Å². The second-order valence-electron chi connectivity index (χ2n) is 5.38. The summed E-state index contributed by atoms with van der Waals surface area (Å²) in [4.78, 5) is 0.775. The molecule has 0 saturated heterocycles. The van der Waals surface area contributed by atoms with Gasteiger partial charge in [-0.25, -0.2) is 0 Å². The van der Waals surface area contributed by atoms with E-state index in [4.69, 9.17) is 4.52 Å². The largest absolute Gasteiger partial charge is 0.356 e. The Labute approximate surface area is 140 Å². The maximum atomic E-state index is 5.36. The summed E-state index contributed by atoms with van der Waals surface area (Å²) >= 11 is 1.52. The van der Waals surface area contributed by atoms with Gasteiger partial charge in [-0.15, -0.1) is 10.2 Å². The SMILES string of the molecule is c1ccc(-c2nnc3sc(Cc4noc5ccccc45)nn23)cc1. The van der Waals surface area contributed by atoms with Crippen molar-refractivity contribution in [2.24, 2.45) is 0 Å². The van der Waals surface area contributed by atoms with Gasteiger partial charge < -0.3 is 4.52 Å². The van der Waals surface area contributed by atoms with Crippen molar-refractivity contribution in [2.75, 3.05) is 0 Å². The Balaban J connectivity index is 1.55. The molecule has 0 aliphatic heterocycles. The third kappa shape index (κ3) is 2.10. The van der Waals surface area contributed by atoms with Gasteiger partial charge in [0, 0.05) is 17.4 Å². The monoisotopic (exact) mass is 333 g/mol. The minimum atomic E-state index is 0.610. The molecule has 0 N–H and O–H groups in total. The molecule has 24 heavy (non-hydrogen) atoms. The number of para-hydroxylation sites is 1. The number of hydrogen-bond acceptors (Lipinski definition) is 6. The molecule has 116 valence electrons. The lowest BCUT2D eigenvalue weighted by molar-refractivity contribution is 0.448. The predicted molar refractivity (Wildman–Crippen MR) is 90.9 cm³/mol. The summed E-state index contributed by atoms with van der Waals surface area (Å²) in [6.45, 7) is 0. The van der Waals surface area contributed by atoms with Crippen LogP contribution < -0.4 is 0 Å². The minimum absolute atomic E-state index is 0.610. The van der Waals surface area contributed by atoms with Crippen LogP contribution in [0.4, 0.5) is 0 Å². The molecule has 0 bridgehead atoms. The Kier molecular flexibility index (Phi) is 2.92. The zero-order chi connectivity index (χ0) is 15.9. The fourth-order valence-electron chi connectivity index (χ4n) is 2.70. The van der Waals surface area contributed by atoms with E-state index in [9.17, 15) is 0 Å². The first kappa shape index (κ1) is 13.4. The summed E-state index contributed by atoms with van der Waals surface area (Å²) in [6.07, 6.45) is 0.610. The molecule has 0 radical (unpaired) electrons. The molecule has 2 aromatic carbocycles. The molecule has 0 saturated carbocycles. The third-order valence-electron chi connectivity index (χ3n) is 3.84. The Hall–Kier alpha value is -3.06. The van der Waals surface area contributed by atoms with Gasteiger partial charge in [-0.05, 0) is 12.1 Å². The van der Waals surface area contributed by atoms with Crippen molar-refractivity contribution in [2.45, 2.75) is 6.42 Å². The van der Waals surface area contributed by atoms with Crippen LogP contribution in [0.5, 0.6) is 0 Å². The normalized spacial score (nSPS) is 11.5. The summed E-state index contributed by atoms with van der Waals surface area (Å²) in [5.74, 6) is 0.748. The van der Waals surface area contributed by atoms with Crippen molar-refractivity contribution in [3.8, 4) is 11.4 Å². The van der Waals surface area contributed by atoms with Crippen molar-refractivity contribution in [3.05, 3.63) is 65.3 Å². The topological polar surface area (TPSA) is 69.1 Å². The summed E-state index contributed by atoms with van der Waals surface area (Å²) in [7, 11) is 0. The van der Waals surface area contributed by atoms with Crippen LogP contribution in [-0.2, 0) is 6.42 Å². The molecule has 0 spiro atoms. The predicted octanol–water partition coefficient (Wildman–Crippen LogP) is 3.58. The highest BCUT2D eigenvalue weighted by atomic mass is 32.1. The molecule has 0 aliphatic carbocycles. The van der Waals surface area contributed by atoms with E-state index in [0.717, 1.165) is 38.0 Å². The van der Waals surface area contributed by atoms with Crippen LogP contribution in [-0.4, -0.2) is 25.0 Å². The average Bonchev–Trinajstić information content (AvgIpc) is 3.31. The lowest BCUT2D eigenvalue weighted by atomic mass is 10.2. The van der Waals surface area contributed by atoms with E-state index in [1.165, 1.54) is 11.3 Å². The zero-order valence-corrected chi connectivity index (χ0v) is 13.3. The highest BCUT2D eigenvalue weighted by molar-refractivity contribution is 7.16. The number of rotatable bonds is 3. The van der Waals surface area contributed by atoms with Crippen LogP contribution in [0, 0.1) is 0 Å². The van der Waals surface area contributed by atoms with Gasteiger partial charge >= 0.3 is 0 Å². The van der Waals surface area contributed by atoms with E-state index >= 15 is 0 Å². The van der Waals surface area contributed by atoms with Crippen LogP contribution in [0.1, 0.15) is 10.7 Å². The molecule has 0 unspecified atom stereocenters. The van der Waals surface area contributed by atoms with Gasteiger partial charge in [-0.3, -0.25) is 0 Å². The molecule has 0 fully saturated rings. The van der Waals surface area contributed by atoms with Crippen molar-refractivity contribution >= 4 is 27.3 Å². The molecule has 3 aromatic heterocycles. The minimum Gasteiger partial charge on any atom is -0.356 e. The number of hydrogen-bond donors (Lipinski definition) is 0. The zero-order valence-electron chi connectivity index (χ0n) is 12.5. The Morgan fingerprint density at radius 3 is 2.71 bits per heavy atom. The first-order chi connectivity index (χ1) is 11.9. The second-order valence-corrected chi connectivity index (χ2v) is 6.42. The molecule has 3 heterocycles. The van der Waals surface area contributed by atoms with E-state index in [1.54, 1.807) is 4.52 Å². The van der Waals surface area contributed by atoms with Gasteiger partial charge in [0.2, 0.25) is 4.96 Å². The van der Waals surface area contributed by atoms with E-state index in [-0.39, 0.29) is 0 Å². The van der Waals surface area contributed by atoms with Gasteiger partial charge in [0.05, 0.1) is 5.69 Å². The molecule has 5 rings (SSSR count). The van der Waals surface area contributed by atoms with Gasteiger partial charge in [0.25, 0.3) is 0 Å². The van der Waals surface area contributed by atoms with Crippen molar-refractivity contribution in [1.82, 2.24) is 25.0 Å². The number of benzene rings is 2. The average molecular weight is 333 g/mol. The quantitative estimate of drug-likeness (QED) is 0.505. The molecule has 0 aliphatic rings. The molecule has 0 atom stereocenters. The maximum Gasteiger partial charge on any atom is 0.234 e. The Morgan fingerprint density at radius 1 is 0.958 bits per heavy atom. The van der Waals surface area contributed by atoms with Crippen LogP contribution >= 0.6 is 11.3 Å². The molecule has 7 heteroatoms. The first-order valence-corrected chi connectivity index (χ1v) is 8.30. The summed E-state index contributed by atoms with van der Waals surface area (Å²) in [5.41, 5.74) is 2.67. The van der Waals surface area contributed by atoms with E-state index in [1.807, 2.05) is 54.6 Å². The van der Waals surface area contributed by atoms with Crippen molar-refractivity contribution < 1.29 is 4.52 Å². The Bertz CT molecular complexity index is 1140. The van der Waals surface area contributed by atoms with Crippen LogP contribution in [0.3, 0.4) is 0 Å². The molecular formula is C17H11N5OS. The lowest BCUT2D eigenvalue weighted by Gasteiger charge is -1.95. The van der Waals surface area contributed by atoms with Gasteiger partial charge in [0.15, 0.2) is 11.4 Å². The van der Waals surface area contributed by atoms with Crippen LogP contribution in [0.15, 0.2) is 59.1 Å². The molecular weight excluding hydrogens is 322 g/mol. The summed E-state index contributed by atoms with van der Waals surface area (Å²) in [6, 6.07) is 17.8. The molecule has 5 aromatic rings. The van der Waals surface area contributed by atoms with Crippen molar-refractivity contribution in [3.63, 3.8) is 0 Å². The standard InChI is InChI=1S/C17H11N5OS/c1-2-6-11(7-3-1)16-18-19-17-22(16)20-15(24-17)10-13-12-8-4-5-9-14(12)23-21-13/h1-9H,10H2. The summed E-state index contributed by atoms with van der Waals surface area (Å²) in [5, 5.41) is 19.3. The third-order valence-corrected chi connectivity index (χ3v) is 4.73. The number of fused-ring (bicyclic) bond motifs is 2. The van der Waals surface area contributed by atoms with E-state index in [2.05, 4.69) is 20.5 Å². The lowest BCUT2D eigenvalue weighted by Crippen LogP contribution is -1.94. The fourth-order valence-corrected chi connectivity index (χ4v) is 3.54. The number of aromatic nitrogens is 5. The number of nitrogens with zero attached hydrogens (tertiary/aromatic N) is 5. The van der Waals surface area contributed by atoms with Crippen molar-refractivity contribution in [1.29, 1.82) is 0 Å². The first-order valence-electron chi connectivity index (χ1n) is 7.48. The maximum absolute atomic E-state index is 5.36. The van der Waals surface area contributed by atoms with E-state index in [0.29, 0.717) is 6.42 Å². The van der Waals surface area contributed by atoms with Crippen LogP contribution in [0.25, 0.3) is 27.3 Å². The van der Waals surface area contributed by atoms with E-state index < -0.39 is 0 Å². The Morgan fingerprint density at radius 2 is 1.79 bits per heavy atom. The highest BCUT2D eigenvalue weighted by Gasteiger charge is 2.15. The highest BCUT2D eigenvalue weighted by Crippen LogP contribution is 2.25. The smallest absolute Gasteiger partial charge is 0.234 e. The van der Waals surface area contributed by atoms with Gasteiger partial charge in [-0.1, -0.05) is 59.0 Å². The summed E-state index contributed by atoms with van der Waals surface area (Å²) < 4.78 is 7.15. The second kappa shape index (κ2) is 5.24. The fraction of sp³-hybridized carbons (Fsp3) is 0.0588. The molecule has 0 amide bonds.